The second-order valence-corrected chi connectivity index (χ2v) is 4.55. The van der Waals surface area contributed by atoms with E-state index >= 15 is 0 Å². The minimum Gasteiger partial charge on any atom is -0.760 e. The van der Waals surface area contributed by atoms with E-state index < -0.39 is 25.1 Å². The molecule has 0 aliphatic rings. The summed E-state index contributed by atoms with van der Waals surface area (Å²) in [7, 11) is -4.41. The zero-order chi connectivity index (χ0) is 13.9. The molecule has 0 saturated heterocycles. The van der Waals surface area contributed by atoms with Crippen LogP contribution in [0.25, 0.3) is 0 Å². The maximum Gasteiger partial charge on any atom is 0.469 e. The number of aliphatic carboxylic acids is 1. The standard InChI is InChI=1S/C3H10NO6PS.C3H6O2/c5-11(6,7)10-3-1-2-4-12(8)9;1-2-3(4)5/h4H,1-3H2,(H,8,9)(H2,5,6,7);2H2,1H3,(H,4,5)/p-1. The lowest BCUT2D eigenvalue weighted by Gasteiger charge is -2.07. The smallest absolute Gasteiger partial charge is 0.469 e. The van der Waals surface area contributed by atoms with Gasteiger partial charge in [-0.05, 0) is 6.42 Å². The van der Waals surface area contributed by atoms with E-state index in [1.54, 1.807) is 6.92 Å². The van der Waals surface area contributed by atoms with E-state index in [4.69, 9.17) is 14.9 Å². The maximum atomic E-state index is 10.1. The van der Waals surface area contributed by atoms with Crippen molar-refractivity contribution in [1.82, 2.24) is 4.72 Å². The maximum absolute atomic E-state index is 10.1. The molecule has 0 rings (SSSR count). The van der Waals surface area contributed by atoms with Gasteiger partial charge in [-0.25, -0.2) is 9.29 Å². The average Bonchev–Trinajstić information content (AvgIpc) is 2.16. The van der Waals surface area contributed by atoms with Crippen LogP contribution in [0.3, 0.4) is 0 Å². The highest BCUT2D eigenvalue weighted by Crippen LogP contribution is 2.35. The predicted octanol–water partition coefficient (Wildman–Crippen LogP) is -0.649. The number of hydrogen-bond acceptors (Lipinski definition) is 5. The molecule has 0 saturated carbocycles. The van der Waals surface area contributed by atoms with Gasteiger partial charge in [0.1, 0.15) is 0 Å². The van der Waals surface area contributed by atoms with E-state index in [0.29, 0.717) is 0 Å². The summed E-state index contributed by atoms with van der Waals surface area (Å²) >= 11 is -2.34. The molecule has 0 aromatic rings. The van der Waals surface area contributed by atoms with Gasteiger partial charge < -0.3 is 19.4 Å². The van der Waals surface area contributed by atoms with Gasteiger partial charge in [-0.3, -0.25) is 13.5 Å². The molecule has 104 valence electrons. The Bertz CT molecular complexity index is 279. The first-order chi connectivity index (χ1) is 7.69. The fourth-order valence-electron chi connectivity index (χ4n) is 0.411. The predicted molar refractivity (Wildman–Crippen MR) is 57.5 cm³/mol. The molecule has 4 N–H and O–H groups in total. The molecule has 0 aromatic carbocycles. The van der Waals surface area contributed by atoms with E-state index in [0.717, 1.165) is 0 Å². The number of carbonyl (C=O) groups is 1. The number of phosphoric ester groups is 1. The number of hydrogen-bond donors (Lipinski definition) is 4. The Labute approximate surface area is 101 Å². The third kappa shape index (κ3) is 25.7. The quantitative estimate of drug-likeness (QED) is 0.274. The van der Waals surface area contributed by atoms with Crippen molar-refractivity contribution in [2.45, 2.75) is 19.8 Å². The summed E-state index contributed by atoms with van der Waals surface area (Å²) in [4.78, 5) is 25.7. The summed E-state index contributed by atoms with van der Waals surface area (Å²) in [5, 5.41) is 7.72. The fraction of sp³-hybridized carbons (Fsp3) is 0.833. The second-order valence-electron chi connectivity index (χ2n) is 2.55. The molecule has 0 aliphatic heterocycles. The first-order valence-corrected chi connectivity index (χ1v) is 7.04. The minimum atomic E-state index is -4.41. The zero-order valence-corrected chi connectivity index (χ0v) is 10.8. The van der Waals surface area contributed by atoms with Gasteiger partial charge in [0.2, 0.25) is 0 Å². The average molecular weight is 292 g/mol. The third-order valence-electron chi connectivity index (χ3n) is 1.10. The van der Waals surface area contributed by atoms with Crippen molar-refractivity contribution in [3.05, 3.63) is 0 Å². The molecule has 0 fully saturated rings. The van der Waals surface area contributed by atoms with E-state index in [-0.39, 0.29) is 26.0 Å². The van der Waals surface area contributed by atoms with Crippen LogP contribution in [0.15, 0.2) is 0 Å². The Morgan fingerprint density at radius 2 is 2.00 bits per heavy atom. The summed E-state index contributed by atoms with van der Waals surface area (Å²) in [6, 6.07) is 0. The largest absolute Gasteiger partial charge is 0.760 e. The lowest BCUT2D eigenvalue weighted by Crippen LogP contribution is -2.18. The van der Waals surface area contributed by atoms with Gasteiger partial charge >= 0.3 is 13.8 Å². The van der Waals surface area contributed by atoms with Crippen molar-refractivity contribution in [2.24, 2.45) is 0 Å². The van der Waals surface area contributed by atoms with Crippen LogP contribution >= 0.6 is 7.82 Å². The van der Waals surface area contributed by atoms with Gasteiger partial charge in [0, 0.05) is 24.2 Å². The zero-order valence-electron chi connectivity index (χ0n) is 9.07. The summed E-state index contributed by atoms with van der Waals surface area (Å²) in [5.41, 5.74) is 0. The van der Waals surface area contributed by atoms with Gasteiger partial charge in [0.25, 0.3) is 0 Å². The fourth-order valence-corrected chi connectivity index (χ4v) is 1.09. The lowest BCUT2D eigenvalue weighted by molar-refractivity contribution is -0.136. The van der Waals surface area contributed by atoms with Crippen LogP contribution in [0.5, 0.6) is 0 Å². The monoisotopic (exact) mass is 292 g/mol. The molecule has 17 heavy (non-hydrogen) atoms. The lowest BCUT2D eigenvalue weighted by atomic mass is 10.5. The van der Waals surface area contributed by atoms with Crippen LogP contribution in [0, 0.1) is 0 Å². The van der Waals surface area contributed by atoms with Crippen molar-refractivity contribution in [3.63, 3.8) is 0 Å². The Morgan fingerprint density at radius 1 is 1.53 bits per heavy atom. The Hall–Kier alpha value is -0.350. The van der Waals surface area contributed by atoms with Crippen molar-refractivity contribution in [1.29, 1.82) is 0 Å². The van der Waals surface area contributed by atoms with E-state index in [9.17, 15) is 18.1 Å². The summed E-state index contributed by atoms with van der Waals surface area (Å²) in [6.07, 6.45) is 0.430. The molecular formula is C6H15NO8PS-. The van der Waals surface area contributed by atoms with Gasteiger partial charge in [-0.15, -0.1) is 0 Å². The first kappa shape index (κ1) is 19.0. The van der Waals surface area contributed by atoms with Crippen LogP contribution in [-0.2, 0) is 25.1 Å². The molecular weight excluding hydrogens is 277 g/mol. The van der Waals surface area contributed by atoms with Crippen LogP contribution in [0.4, 0.5) is 0 Å². The molecule has 1 unspecified atom stereocenters. The van der Waals surface area contributed by atoms with E-state index in [1.165, 1.54) is 0 Å². The summed E-state index contributed by atoms with van der Waals surface area (Å²) in [5.74, 6) is -0.745. The number of carboxylic acids is 1. The molecule has 0 spiro atoms. The third-order valence-corrected chi connectivity index (χ3v) is 2.06. The van der Waals surface area contributed by atoms with Crippen molar-refractivity contribution < 1.29 is 37.5 Å². The first-order valence-electron chi connectivity index (χ1n) is 4.43. The number of rotatable bonds is 7. The van der Waals surface area contributed by atoms with Crippen LogP contribution in [0.1, 0.15) is 19.8 Å². The minimum absolute atomic E-state index is 0.0934. The molecule has 9 nitrogen and oxygen atoms in total. The van der Waals surface area contributed by atoms with Crippen LogP contribution in [0.2, 0.25) is 0 Å². The molecule has 0 aromatic heterocycles. The molecule has 0 heterocycles. The highest BCUT2D eigenvalue weighted by atomic mass is 32.2. The normalized spacial score (nSPS) is 12.5. The van der Waals surface area contributed by atoms with Crippen molar-refractivity contribution >= 4 is 25.1 Å². The summed E-state index contributed by atoms with van der Waals surface area (Å²) in [6.45, 7) is 1.51. The Kier molecular flexibility index (Phi) is 12.1. The highest BCUT2D eigenvalue weighted by molar-refractivity contribution is 7.77. The molecule has 0 aliphatic carbocycles. The second kappa shape index (κ2) is 10.8. The SMILES string of the molecule is CCC(=O)O.O=S([O-])NCCCOP(=O)(O)O. The van der Waals surface area contributed by atoms with Crippen LogP contribution < -0.4 is 4.72 Å². The molecule has 11 heteroatoms. The van der Waals surface area contributed by atoms with Gasteiger partial charge in [0.15, 0.2) is 0 Å². The molecule has 0 radical (unpaired) electrons. The topological polar surface area (TPSA) is 156 Å². The van der Waals surface area contributed by atoms with Gasteiger partial charge in [-0.1, -0.05) is 6.92 Å². The molecule has 1 atom stereocenters. The van der Waals surface area contributed by atoms with E-state index in [2.05, 4.69) is 4.52 Å². The summed E-state index contributed by atoms with van der Waals surface area (Å²) < 4.78 is 35.8. The van der Waals surface area contributed by atoms with Gasteiger partial charge in [0.05, 0.1) is 6.61 Å². The highest BCUT2D eigenvalue weighted by Gasteiger charge is 2.12. The van der Waals surface area contributed by atoms with Crippen molar-refractivity contribution in [3.8, 4) is 0 Å². The number of carboxylic acid groups (broad SMARTS) is 1. The van der Waals surface area contributed by atoms with Gasteiger partial charge in [-0.2, -0.15) is 0 Å². The molecule has 0 bridgehead atoms. The van der Waals surface area contributed by atoms with Crippen molar-refractivity contribution in [2.75, 3.05) is 13.2 Å². The Balaban J connectivity index is 0. The van der Waals surface area contributed by atoms with Crippen LogP contribution in [-0.4, -0.2) is 42.8 Å². The number of phosphoric acid groups is 1. The van der Waals surface area contributed by atoms with E-state index in [1.807, 2.05) is 4.72 Å². The molecule has 0 amide bonds. The number of nitrogens with one attached hydrogen (secondary N) is 1. The Morgan fingerprint density at radius 3 is 2.29 bits per heavy atom.